The summed E-state index contributed by atoms with van der Waals surface area (Å²) in [5.74, 6) is 2.88. The third-order valence-corrected chi connectivity index (χ3v) is 7.20. The number of fused-ring (bicyclic) bond motifs is 2. The highest BCUT2D eigenvalue weighted by molar-refractivity contribution is 5.96. The van der Waals surface area contributed by atoms with Gasteiger partial charge in [-0.3, -0.25) is 9.69 Å². The summed E-state index contributed by atoms with van der Waals surface area (Å²) in [6, 6.07) is 7.24. The minimum Gasteiger partial charge on any atom is -0.356 e. The molecule has 6 rings (SSSR count). The van der Waals surface area contributed by atoms with Crippen LogP contribution in [0.5, 0.6) is 0 Å². The largest absolute Gasteiger partial charge is 0.356 e. The third kappa shape index (κ3) is 3.84. The molecule has 32 heavy (non-hydrogen) atoms. The number of amides is 1. The number of likely N-dealkylation sites (tertiary alicyclic amines) is 1. The molecule has 6 nitrogen and oxygen atoms in total. The lowest BCUT2D eigenvalue weighted by atomic mass is 9.89. The fourth-order valence-corrected chi connectivity index (χ4v) is 5.70. The molecule has 3 aliphatic heterocycles. The summed E-state index contributed by atoms with van der Waals surface area (Å²) in [6.45, 7) is 3.44. The van der Waals surface area contributed by atoms with Crippen LogP contribution in [-0.2, 0) is 6.42 Å². The molecular weight excluding hydrogens is 452 g/mol. The molecule has 1 amide bonds. The quantitative estimate of drug-likeness (QED) is 0.730. The molecule has 1 aromatic carbocycles. The standard InChI is InChI=1S/C23H26FN5O.2ClH/c1-28-10-15-11-29(12-18(15)20(28)14-3-2-4-16(24)9-14)22-17-7-8-25-23(30)19(17)26-21(27-22)13-5-6-13;;/h2-4,9,13,15,18,20H,5-8,10-12H2,1H3,(H,25,30);2*1H/t15-,18+,20-;;/m0../s1. The van der Waals surface area contributed by atoms with Crippen LogP contribution < -0.4 is 10.2 Å². The van der Waals surface area contributed by atoms with Gasteiger partial charge in [-0.1, -0.05) is 12.1 Å². The summed E-state index contributed by atoms with van der Waals surface area (Å²) >= 11 is 0. The molecule has 0 bridgehead atoms. The van der Waals surface area contributed by atoms with E-state index in [1.54, 1.807) is 12.1 Å². The van der Waals surface area contributed by atoms with Crippen LogP contribution in [0.1, 0.15) is 52.2 Å². The molecule has 3 atom stereocenters. The van der Waals surface area contributed by atoms with Crippen LogP contribution in [0.4, 0.5) is 10.2 Å². The van der Waals surface area contributed by atoms with Gasteiger partial charge in [0.15, 0.2) is 0 Å². The van der Waals surface area contributed by atoms with Gasteiger partial charge in [-0.2, -0.15) is 0 Å². The van der Waals surface area contributed by atoms with E-state index in [-0.39, 0.29) is 42.6 Å². The van der Waals surface area contributed by atoms with Crippen LogP contribution in [0, 0.1) is 17.7 Å². The SMILES string of the molecule is CN1C[C@H]2CN(c3nc(C4CC4)nc4c3CCNC4=O)C[C@H]2[C@@H]1c1cccc(F)c1.Cl.Cl. The second-order valence-corrected chi connectivity index (χ2v) is 9.28. The van der Waals surface area contributed by atoms with E-state index in [0.717, 1.165) is 61.7 Å². The van der Waals surface area contributed by atoms with E-state index in [0.29, 0.717) is 30.0 Å². The van der Waals surface area contributed by atoms with Crippen molar-refractivity contribution in [2.24, 2.45) is 11.8 Å². The van der Waals surface area contributed by atoms with E-state index in [4.69, 9.17) is 4.98 Å². The maximum atomic E-state index is 13.9. The normalized spacial score (nSPS) is 26.6. The van der Waals surface area contributed by atoms with Crippen LogP contribution in [-0.4, -0.2) is 54.0 Å². The Bertz CT molecular complexity index is 1030. The molecule has 4 aliphatic rings. The van der Waals surface area contributed by atoms with Crippen molar-refractivity contribution in [1.29, 1.82) is 0 Å². The maximum Gasteiger partial charge on any atom is 0.270 e. The minimum atomic E-state index is -0.177. The van der Waals surface area contributed by atoms with Crippen LogP contribution in [0.25, 0.3) is 0 Å². The monoisotopic (exact) mass is 479 g/mol. The fourth-order valence-electron chi connectivity index (χ4n) is 5.70. The van der Waals surface area contributed by atoms with Crippen LogP contribution in [0.15, 0.2) is 24.3 Å². The van der Waals surface area contributed by atoms with Gasteiger partial charge in [0, 0.05) is 49.6 Å². The van der Waals surface area contributed by atoms with Crippen LogP contribution >= 0.6 is 24.8 Å². The Labute approximate surface area is 199 Å². The number of anilines is 1. The number of nitrogens with zero attached hydrogens (tertiary/aromatic N) is 4. The summed E-state index contributed by atoms with van der Waals surface area (Å²) in [7, 11) is 2.14. The highest BCUT2D eigenvalue weighted by Crippen LogP contribution is 2.46. The topological polar surface area (TPSA) is 61.4 Å². The first kappa shape index (κ1) is 23.2. The lowest BCUT2D eigenvalue weighted by Gasteiger charge is -2.29. The van der Waals surface area contributed by atoms with Gasteiger partial charge < -0.3 is 10.2 Å². The fraction of sp³-hybridized carbons (Fsp3) is 0.522. The Morgan fingerprint density at radius 1 is 1.12 bits per heavy atom. The first-order valence-corrected chi connectivity index (χ1v) is 11.0. The Morgan fingerprint density at radius 3 is 2.69 bits per heavy atom. The molecule has 2 saturated heterocycles. The third-order valence-electron chi connectivity index (χ3n) is 7.20. The minimum absolute atomic E-state index is 0. The molecule has 172 valence electrons. The van der Waals surface area contributed by atoms with Crippen molar-refractivity contribution in [1.82, 2.24) is 20.2 Å². The van der Waals surface area contributed by atoms with Crippen LogP contribution in [0.2, 0.25) is 0 Å². The predicted molar refractivity (Wildman–Crippen MR) is 126 cm³/mol. The second-order valence-electron chi connectivity index (χ2n) is 9.28. The van der Waals surface area contributed by atoms with Crippen molar-refractivity contribution in [2.75, 3.05) is 38.1 Å². The van der Waals surface area contributed by atoms with E-state index in [1.807, 2.05) is 6.07 Å². The summed E-state index contributed by atoms with van der Waals surface area (Å²) < 4.78 is 13.9. The van der Waals surface area contributed by atoms with Gasteiger partial charge in [-0.25, -0.2) is 14.4 Å². The molecule has 1 saturated carbocycles. The zero-order chi connectivity index (χ0) is 20.4. The number of halogens is 3. The molecular formula is C23H28Cl2FN5O. The Hall–Kier alpha value is -1.96. The molecule has 4 heterocycles. The van der Waals surface area contributed by atoms with Gasteiger partial charge in [0.25, 0.3) is 5.91 Å². The lowest BCUT2D eigenvalue weighted by Crippen LogP contribution is -2.36. The molecule has 1 N–H and O–H groups in total. The first-order chi connectivity index (χ1) is 14.6. The number of benzene rings is 1. The average molecular weight is 480 g/mol. The lowest BCUT2D eigenvalue weighted by molar-refractivity contribution is 0.0940. The maximum absolute atomic E-state index is 13.9. The highest BCUT2D eigenvalue weighted by atomic mass is 35.5. The van der Waals surface area contributed by atoms with E-state index >= 15 is 0 Å². The van der Waals surface area contributed by atoms with Crippen molar-refractivity contribution in [3.63, 3.8) is 0 Å². The molecule has 0 unspecified atom stereocenters. The molecule has 1 aliphatic carbocycles. The smallest absolute Gasteiger partial charge is 0.270 e. The summed E-state index contributed by atoms with van der Waals surface area (Å²) in [5.41, 5.74) is 2.62. The van der Waals surface area contributed by atoms with E-state index in [1.165, 1.54) is 6.07 Å². The first-order valence-electron chi connectivity index (χ1n) is 11.0. The number of rotatable bonds is 3. The van der Waals surface area contributed by atoms with Crippen molar-refractivity contribution < 1.29 is 9.18 Å². The molecule has 1 aromatic heterocycles. The van der Waals surface area contributed by atoms with Gasteiger partial charge >= 0.3 is 0 Å². The molecule has 0 radical (unpaired) electrons. The molecule has 2 aromatic rings. The Kier molecular flexibility index (Phi) is 6.36. The number of carbonyl (C=O) groups is 1. The van der Waals surface area contributed by atoms with Crippen molar-refractivity contribution in [3.05, 3.63) is 52.7 Å². The Morgan fingerprint density at radius 2 is 1.94 bits per heavy atom. The number of hydrogen-bond donors (Lipinski definition) is 1. The molecule has 3 fully saturated rings. The second kappa shape index (κ2) is 8.76. The van der Waals surface area contributed by atoms with Gasteiger partial charge in [0.2, 0.25) is 0 Å². The zero-order valence-corrected chi connectivity index (χ0v) is 19.6. The molecule has 9 heteroatoms. The summed E-state index contributed by atoms with van der Waals surface area (Å²) in [4.78, 5) is 26.9. The average Bonchev–Trinajstić information content (AvgIpc) is 3.43. The van der Waals surface area contributed by atoms with Crippen molar-refractivity contribution >= 4 is 36.5 Å². The number of nitrogens with one attached hydrogen (secondary N) is 1. The van der Waals surface area contributed by atoms with Gasteiger partial charge in [0.1, 0.15) is 23.2 Å². The number of hydrogen-bond acceptors (Lipinski definition) is 5. The van der Waals surface area contributed by atoms with Crippen molar-refractivity contribution in [2.45, 2.75) is 31.2 Å². The van der Waals surface area contributed by atoms with E-state index in [9.17, 15) is 9.18 Å². The van der Waals surface area contributed by atoms with E-state index < -0.39 is 0 Å². The summed E-state index contributed by atoms with van der Waals surface area (Å²) in [5, 5.41) is 2.93. The predicted octanol–water partition coefficient (Wildman–Crippen LogP) is 3.36. The molecule has 0 spiro atoms. The zero-order valence-electron chi connectivity index (χ0n) is 18.0. The van der Waals surface area contributed by atoms with Gasteiger partial charge in [-0.05, 0) is 49.9 Å². The van der Waals surface area contributed by atoms with Gasteiger partial charge in [0.05, 0.1) is 0 Å². The number of carbonyl (C=O) groups excluding carboxylic acids is 1. The van der Waals surface area contributed by atoms with Gasteiger partial charge in [-0.15, -0.1) is 24.8 Å². The van der Waals surface area contributed by atoms with Crippen LogP contribution in [0.3, 0.4) is 0 Å². The number of aromatic nitrogens is 2. The Balaban J connectivity index is 0.00000122. The highest BCUT2D eigenvalue weighted by Gasteiger charge is 2.47. The summed E-state index contributed by atoms with van der Waals surface area (Å²) in [6.07, 6.45) is 3.00. The van der Waals surface area contributed by atoms with Crippen molar-refractivity contribution in [3.8, 4) is 0 Å². The van der Waals surface area contributed by atoms with E-state index in [2.05, 4.69) is 27.1 Å².